The molecule has 0 aliphatic rings. The van der Waals surface area contributed by atoms with E-state index in [1.807, 2.05) is 0 Å². The van der Waals surface area contributed by atoms with E-state index in [1.54, 1.807) is 0 Å². The first-order valence-electron chi connectivity index (χ1n) is 0. The minimum atomic E-state index is 0. The van der Waals surface area contributed by atoms with E-state index in [2.05, 4.69) is 0 Å². The van der Waals surface area contributed by atoms with E-state index in [-0.39, 0.29) is 174 Å². The number of rotatable bonds is 0. The summed E-state index contributed by atoms with van der Waals surface area (Å²) in [5.74, 6) is 0. The van der Waals surface area contributed by atoms with Gasteiger partial charge in [0.15, 0.2) is 0 Å². The van der Waals surface area contributed by atoms with Crippen LogP contribution in [0.3, 0.4) is 0 Å². The molecule has 0 aromatic rings. The van der Waals surface area contributed by atoms with Gasteiger partial charge >= 0.3 is 90.3 Å². The minimum Gasteiger partial charge on any atom is -0.870 e. The molecule has 0 spiro atoms. The van der Waals surface area contributed by atoms with Gasteiger partial charge in [0.1, 0.15) is 0 Å². The van der Waals surface area contributed by atoms with Gasteiger partial charge in [-0.3, -0.25) is 0 Å². The largest absolute Gasteiger partial charge is 2.00 e. The van der Waals surface area contributed by atoms with Gasteiger partial charge in [-0.2, -0.15) is 0 Å². The smallest absolute Gasteiger partial charge is 0.870 e. The van der Waals surface area contributed by atoms with Crippen molar-refractivity contribution < 1.29 is 174 Å². The standard InChI is InChI=1S/2Cr.K.9H2O.2Zn/h;;;9*1H2;;/q;;+1;;;;;;;;;;2*+2/p-5. The average Bonchev–Trinajstić information content (AvgIpc) is 0. The Hall–Kier alpha value is 3.59. The third kappa shape index (κ3) is 258. The first-order chi connectivity index (χ1) is 0. The summed E-state index contributed by atoms with van der Waals surface area (Å²) >= 11 is 0. The van der Waals surface area contributed by atoms with Crippen LogP contribution in [0.2, 0.25) is 0 Å². The fourth-order valence-corrected chi connectivity index (χ4v) is 0. The second-order valence-electron chi connectivity index (χ2n) is 0. The average molecular weight is 431 g/mol. The summed E-state index contributed by atoms with van der Waals surface area (Å²) in [5.41, 5.74) is 0. The zero-order valence-electron chi connectivity index (χ0n) is 7.47. The van der Waals surface area contributed by atoms with Gasteiger partial charge in [-0.05, 0) is 0 Å². The van der Waals surface area contributed by atoms with Crippen LogP contribution in [0, 0.1) is 0 Å². The van der Waals surface area contributed by atoms with E-state index in [1.165, 1.54) is 0 Å². The molecule has 0 unspecified atom stereocenters. The molecule has 14 heteroatoms. The van der Waals surface area contributed by atoms with Crippen molar-refractivity contribution in [2.75, 3.05) is 0 Å². The van der Waals surface area contributed by atoms with Gasteiger partial charge in [0.2, 0.25) is 0 Å². The van der Waals surface area contributed by atoms with Gasteiger partial charge in [0.05, 0.1) is 0 Å². The molecule has 0 radical (unpaired) electrons. The molecule has 0 atom stereocenters. The van der Waals surface area contributed by atoms with E-state index >= 15 is 0 Å². The third-order valence-corrected chi connectivity index (χ3v) is 0. The Morgan fingerprint density at radius 2 is 0.357 bits per heavy atom. The molecule has 0 amide bonds. The number of hydrogen-bond acceptors (Lipinski definition) is 5. The van der Waals surface area contributed by atoms with Crippen LogP contribution in [0.25, 0.3) is 0 Å². The maximum Gasteiger partial charge on any atom is 2.00 e. The zero-order chi connectivity index (χ0) is 0. The molecule has 0 aliphatic carbocycles. The summed E-state index contributed by atoms with van der Waals surface area (Å²) in [4.78, 5) is 0. The molecule has 14 heavy (non-hydrogen) atoms. The predicted molar refractivity (Wildman–Crippen MR) is 24.1 cm³/mol. The molecule has 0 aliphatic heterocycles. The molecule has 9 nitrogen and oxygen atoms in total. The van der Waals surface area contributed by atoms with Gasteiger partial charge in [0, 0.05) is 34.7 Å². The Kier molecular flexibility index (Phi) is 8410. The normalized spacial score (nSPS) is 0. The van der Waals surface area contributed by atoms with Crippen molar-refractivity contribution in [3.63, 3.8) is 0 Å². The summed E-state index contributed by atoms with van der Waals surface area (Å²) in [5, 5.41) is 0. The Morgan fingerprint density at radius 1 is 0.357 bits per heavy atom. The van der Waals surface area contributed by atoms with Crippen LogP contribution < -0.4 is 51.4 Å². The zero-order valence-corrected chi connectivity index (χ0v) is 19.1. The molecular weight excluding hydrogens is 418 g/mol. The predicted octanol–water partition coefficient (Wildman–Crippen LogP) is -7.19. The van der Waals surface area contributed by atoms with Crippen LogP contribution in [0.4, 0.5) is 0 Å². The second-order valence-corrected chi connectivity index (χ2v) is 0. The first kappa shape index (κ1) is 376. The molecule has 0 saturated heterocycles. The third-order valence-electron chi connectivity index (χ3n) is 0. The summed E-state index contributed by atoms with van der Waals surface area (Å²) in [6.07, 6.45) is 0. The Bertz CT molecular complexity index is 20.8. The maximum atomic E-state index is 0. The van der Waals surface area contributed by atoms with Crippen LogP contribution in [-0.4, -0.2) is 49.3 Å². The van der Waals surface area contributed by atoms with E-state index in [9.17, 15) is 0 Å². The van der Waals surface area contributed by atoms with Crippen molar-refractivity contribution in [3.8, 4) is 0 Å². The molecule has 0 aromatic carbocycles. The van der Waals surface area contributed by atoms with Crippen molar-refractivity contribution in [3.05, 3.63) is 0 Å². The molecular formula is H13Cr2KO9Zn2. The van der Waals surface area contributed by atoms with Crippen molar-refractivity contribution in [1.29, 1.82) is 0 Å². The molecule has 84 valence electrons. The molecule has 0 fully saturated rings. The van der Waals surface area contributed by atoms with Crippen LogP contribution >= 0.6 is 0 Å². The second kappa shape index (κ2) is 313. The summed E-state index contributed by atoms with van der Waals surface area (Å²) < 4.78 is 0. The van der Waals surface area contributed by atoms with E-state index in [0.717, 1.165) is 0 Å². The molecule has 0 aromatic heterocycles. The van der Waals surface area contributed by atoms with Gasteiger partial charge in [-0.1, -0.05) is 0 Å². The van der Waals surface area contributed by atoms with Crippen molar-refractivity contribution in [1.82, 2.24) is 0 Å². The molecule has 0 heterocycles. The SMILES string of the molecule is O.O.O.O.[Cr].[Cr].[K+].[OH-].[OH-].[OH-].[OH-].[OH-].[Zn+2].[Zn+2]. The Morgan fingerprint density at radius 3 is 0.357 bits per heavy atom. The molecule has 0 rings (SSSR count). The van der Waals surface area contributed by atoms with Gasteiger partial charge in [-0.15, -0.1) is 0 Å². The van der Waals surface area contributed by atoms with Crippen LogP contribution in [-0.2, 0) is 73.7 Å². The minimum absolute atomic E-state index is 0. The Labute approximate surface area is 171 Å². The van der Waals surface area contributed by atoms with E-state index in [0.29, 0.717) is 0 Å². The van der Waals surface area contributed by atoms with Crippen LogP contribution in [0.1, 0.15) is 0 Å². The van der Waals surface area contributed by atoms with Gasteiger partial charge in [-0.25, -0.2) is 0 Å². The first-order valence-corrected chi connectivity index (χ1v) is 0. The molecule has 0 bridgehead atoms. The van der Waals surface area contributed by atoms with E-state index < -0.39 is 0 Å². The van der Waals surface area contributed by atoms with Crippen molar-refractivity contribution in [2.45, 2.75) is 0 Å². The maximum absolute atomic E-state index is 0. The van der Waals surface area contributed by atoms with Gasteiger partial charge < -0.3 is 49.3 Å². The molecule has 13 N–H and O–H groups in total. The quantitative estimate of drug-likeness (QED) is 0.337. The van der Waals surface area contributed by atoms with Crippen LogP contribution in [0.5, 0.6) is 0 Å². The monoisotopic (exact) mass is 428 g/mol. The van der Waals surface area contributed by atoms with Crippen LogP contribution in [0.15, 0.2) is 0 Å². The topological polar surface area (TPSA) is 276 Å². The fourth-order valence-electron chi connectivity index (χ4n) is 0. The number of hydrogen-bond donors (Lipinski definition) is 0. The Balaban J connectivity index is 0. The summed E-state index contributed by atoms with van der Waals surface area (Å²) in [6.45, 7) is 0. The van der Waals surface area contributed by atoms with Gasteiger partial charge in [0.25, 0.3) is 0 Å². The van der Waals surface area contributed by atoms with Crippen molar-refractivity contribution in [2.24, 2.45) is 0 Å². The van der Waals surface area contributed by atoms with E-state index in [4.69, 9.17) is 0 Å². The fraction of sp³-hybridized carbons (Fsp3) is 0. The summed E-state index contributed by atoms with van der Waals surface area (Å²) in [7, 11) is 0. The van der Waals surface area contributed by atoms with Crippen molar-refractivity contribution >= 4 is 0 Å². The summed E-state index contributed by atoms with van der Waals surface area (Å²) in [6, 6.07) is 0. The molecule has 0 saturated carbocycles.